The smallest absolute Gasteiger partial charge is 0.308 e. The SMILES string of the molecule is CCCCCCn1c2ccc(C=Cc3ccc(OC(C)=O)cc3)cc2c2cc(C=Cc3ccc(OC(C)=O)cc3)ccc21. The molecular weight excluding hydrogens is 534 g/mol. The van der Waals surface area contributed by atoms with E-state index in [2.05, 4.69) is 72.2 Å². The highest BCUT2D eigenvalue weighted by Crippen LogP contribution is 2.32. The van der Waals surface area contributed by atoms with Crippen LogP contribution in [-0.4, -0.2) is 16.5 Å². The maximum Gasteiger partial charge on any atom is 0.308 e. The molecule has 5 heteroatoms. The Morgan fingerprint density at radius 3 is 1.42 bits per heavy atom. The van der Waals surface area contributed by atoms with Crippen molar-refractivity contribution < 1.29 is 19.1 Å². The van der Waals surface area contributed by atoms with Crippen LogP contribution in [0.5, 0.6) is 11.5 Å². The van der Waals surface area contributed by atoms with Gasteiger partial charge in [0.1, 0.15) is 11.5 Å². The molecule has 1 heterocycles. The Morgan fingerprint density at radius 1 is 0.581 bits per heavy atom. The lowest BCUT2D eigenvalue weighted by Gasteiger charge is -2.08. The van der Waals surface area contributed by atoms with Crippen molar-refractivity contribution in [3.05, 3.63) is 107 Å². The number of unbranched alkanes of at least 4 members (excludes halogenated alkanes) is 3. The molecule has 0 amide bonds. The van der Waals surface area contributed by atoms with Crippen molar-refractivity contribution in [2.24, 2.45) is 0 Å². The molecular formula is C38H37NO4. The quantitative estimate of drug-likeness (QED) is 0.0685. The summed E-state index contributed by atoms with van der Waals surface area (Å²) in [6.45, 7) is 6.04. The van der Waals surface area contributed by atoms with E-state index in [4.69, 9.17) is 9.47 Å². The monoisotopic (exact) mass is 571 g/mol. The van der Waals surface area contributed by atoms with Crippen LogP contribution >= 0.6 is 0 Å². The lowest BCUT2D eigenvalue weighted by Crippen LogP contribution is -2.00. The number of esters is 2. The predicted octanol–water partition coefficient (Wildman–Crippen LogP) is 9.57. The second-order valence-electron chi connectivity index (χ2n) is 10.8. The molecule has 218 valence electrons. The summed E-state index contributed by atoms with van der Waals surface area (Å²) in [6, 6.07) is 28.3. The fraction of sp³-hybridized carbons (Fsp3) is 0.211. The minimum absolute atomic E-state index is 0.324. The molecule has 0 fully saturated rings. The lowest BCUT2D eigenvalue weighted by atomic mass is 10.1. The fourth-order valence-corrected chi connectivity index (χ4v) is 5.30. The highest BCUT2D eigenvalue weighted by molar-refractivity contribution is 6.09. The van der Waals surface area contributed by atoms with Gasteiger partial charge >= 0.3 is 11.9 Å². The van der Waals surface area contributed by atoms with Crippen molar-refractivity contribution >= 4 is 58.0 Å². The Kier molecular flexibility index (Phi) is 9.52. The van der Waals surface area contributed by atoms with Gasteiger partial charge < -0.3 is 14.0 Å². The highest BCUT2D eigenvalue weighted by atomic mass is 16.5. The third-order valence-corrected chi connectivity index (χ3v) is 7.37. The number of aromatic nitrogens is 1. The molecule has 0 spiro atoms. The third kappa shape index (κ3) is 7.69. The number of carbonyl (C=O) groups is 2. The van der Waals surface area contributed by atoms with E-state index in [1.54, 1.807) is 24.3 Å². The number of rotatable bonds is 11. The zero-order chi connectivity index (χ0) is 30.2. The zero-order valence-corrected chi connectivity index (χ0v) is 25.0. The number of fused-ring (bicyclic) bond motifs is 3. The molecule has 1 aromatic heterocycles. The van der Waals surface area contributed by atoms with Crippen LogP contribution in [0.25, 0.3) is 46.1 Å². The van der Waals surface area contributed by atoms with Gasteiger partial charge in [-0.05, 0) is 77.2 Å². The molecule has 0 bridgehead atoms. The fourth-order valence-electron chi connectivity index (χ4n) is 5.30. The largest absolute Gasteiger partial charge is 0.427 e. The molecule has 5 rings (SSSR count). The van der Waals surface area contributed by atoms with E-state index in [0.29, 0.717) is 11.5 Å². The second kappa shape index (κ2) is 13.8. The number of hydrogen-bond donors (Lipinski definition) is 0. The molecule has 0 atom stereocenters. The summed E-state index contributed by atoms with van der Waals surface area (Å²) in [7, 11) is 0. The first-order chi connectivity index (χ1) is 20.9. The van der Waals surface area contributed by atoms with E-state index in [1.807, 2.05) is 24.3 Å². The van der Waals surface area contributed by atoms with Crippen molar-refractivity contribution in [2.45, 2.75) is 53.0 Å². The van der Waals surface area contributed by atoms with E-state index in [-0.39, 0.29) is 11.9 Å². The molecule has 0 saturated carbocycles. The van der Waals surface area contributed by atoms with Gasteiger partial charge in [0, 0.05) is 42.2 Å². The van der Waals surface area contributed by atoms with Crippen LogP contribution in [0.1, 0.15) is 68.7 Å². The Bertz CT molecular complexity index is 1660. The predicted molar refractivity (Wildman–Crippen MR) is 177 cm³/mol. The normalized spacial score (nSPS) is 11.6. The number of aryl methyl sites for hydroxylation is 1. The van der Waals surface area contributed by atoms with Crippen LogP contribution < -0.4 is 9.47 Å². The van der Waals surface area contributed by atoms with Gasteiger partial charge in [-0.3, -0.25) is 9.59 Å². The highest BCUT2D eigenvalue weighted by Gasteiger charge is 2.11. The van der Waals surface area contributed by atoms with Crippen molar-refractivity contribution in [1.29, 1.82) is 0 Å². The minimum atomic E-state index is -0.324. The Balaban J connectivity index is 1.45. The standard InChI is InChI=1S/C38H37NO4/c1-4-5-6-7-24-39-37-22-16-31(10-8-29-12-18-33(19-13-29)42-27(2)40)25-35(37)36-26-32(17-23-38(36)39)11-9-30-14-20-34(21-15-30)43-28(3)41/h8-23,25-26H,4-7,24H2,1-3H3. The number of hydrogen-bond acceptors (Lipinski definition) is 4. The van der Waals surface area contributed by atoms with E-state index < -0.39 is 0 Å². The van der Waals surface area contributed by atoms with Crippen LogP contribution in [0.4, 0.5) is 0 Å². The van der Waals surface area contributed by atoms with Crippen LogP contribution in [0, 0.1) is 0 Å². The Hall–Kier alpha value is -4.90. The van der Waals surface area contributed by atoms with Gasteiger partial charge in [0.15, 0.2) is 0 Å². The van der Waals surface area contributed by atoms with Gasteiger partial charge in [-0.1, -0.05) is 86.9 Å². The molecule has 5 aromatic rings. The summed E-state index contributed by atoms with van der Waals surface area (Å²) in [5, 5.41) is 2.47. The third-order valence-electron chi connectivity index (χ3n) is 7.37. The summed E-state index contributed by atoms with van der Waals surface area (Å²) in [4.78, 5) is 22.4. The average Bonchev–Trinajstić information content (AvgIpc) is 3.30. The van der Waals surface area contributed by atoms with Crippen molar-refractivity contribution in [3.63, 3.8) is 0 Å². The summed E-state index contributed by atoms with van der Waals surface area (Å²) in [5.74, 6) is 0.438. The minimum Gasteiger partial charge on any atom is -0.427 e. The second-order valence-corrected chi connectivity index (χ2v) is 10.8. The number of benzene rings is 4. The van der Waals surface area contributed by atoms with Gasteiger partial charge in [-0.15, -0.1) is 0 Å². The number of carbonyl (C=O) groups excluding carboxylic acids is 2. The molecule has 0 aliphatic carbocycles. The lowest BCUT2D eigenvalue weighted by molar-refractivity contribution is -0.132. The topological polar surface area (TPSA) is 57.5 Å². The first-order valence-corrected chi connectivity index (χ1v) is 14.9. The summed E-state index contributed by atoms with van der Waals surface area (Å²) < 4.78 is 12.8. The van der Waals surface area contributed by atoms with Gasteiger partial charge in [-0.2, -0.15) is 0 Å². The number of nitrogens with zero attached hydrogens (tertiary/aromatic N) is 1. The molecule has 5 nitrogen and oxygen atoms in total. The Morgan fingerprint density at radius 2 is 1.00 bits per heavy atom. The van der Waals surface area contributed by atoms with E-state index >= 15 is 0 Å². The zero-order valence-electron chi connectivity index (χ0n) is 25.0. The van der Waals surface area contributed by atoms with Gasteiger partial charge in [0.05, 0.1) is 0 Å². The molecule has 0 aliphatic rings. The van der Waals surface area contributed by atoms with E-state index in [0.717, 1.165) is 35.2 Å². The van der Waals surface area contributed by atoms with E-state index in [1.165, 1.54) is 54.9 Å². The van der Waals surface area contributed by atoms with Crippen molar-refractivity contribution in [3.8, 4) is 11.5 Å². The Labute approximate surface area is 253 Å². The molecule has 0 radical (unpaired) electrons. The summed E-state index contributed by atoms with van der Waals surface area (Å²) in [6.07, 6.45) is 13.2. The van der Waals surface area contributed by atoms with Crippen molar-refractivity contribution in [2.75, 3.05) is 0 Å². The maximum absolute atomic E-state index is 11.2. The molecule has 0 aliphatic heterocycles. The molecule has 0 N–H and O–H groups in total. The van der Waals surface area contributed by atoms with Crippen LogP contribution in [0.15, 0.2) is 84.9 Å². The van der Waals surface area contributed by atoms with Gasteiger partial charge in [-0.25, -0.2) is 0 Å². The van der Waals surface area contributed by atoms with E-state index in [9.17, 15) is 9.59 Å². The number of ether oxygens (including phenoxy) is 2. The summed E-state index contributed by atoms with van der Waals surface area (Å²) >= 11 is 0. The van der Waals surface area contributed by atoms with Gasteiger partial charge in [0.25, 0.3) is 0 Å². The molecule has 43 heavy (non-hydrogen) atoms. The molecule has 4 aromatic carbocycles. The van der Waals surface area contributed by atoms with Crippen molar-refractivity contribution in [1.82, 2.24) is 4.57 Å². The average molecular weight is 572 g/mol. The maximum atomic E-state index is 11.2. The van der Waals surface area contributed by atoms with Crippen LogP contribution in [0.2, 0.25) is 0 Å². The first kappa shape index (κ1) is 29.6. The first-order valence-electron chi connectivity index (χ1n) is 14.9. The molecule has 0 unspecified atom stereocenters. The van der Waals surface area contributed by atoms with Gasteiger partial charge in [0.2, 0.25) is 0 Å². The molecule has 0 saturated heterocycles. The van der Waals surface area contributed by atoms with Crippen LogP contribution in [-0.2, 0) is 16.1 Å². The van der Waals surface area contributed by atoms with Crippen LogP contribution in [0.3, 0.4) is 0 Å². The summed E-state index contributed by atoms with van der Waals surface area (Å²) in [5.41, 5.74) is 6.80.